The second kappa shape index (κ2) is 2.31. The Kier molecular flexibility index (Phi) is 1.53. The maximum Gasteiger partial charge on any atom is 0.141 e. The summed E-state index contributed by atoms with van der Waals surface area (Å²) < 4.78 is 0. The second-order valence-electron chi connectivity index (χ2n) is 3.84. The fraction of sp³-hybridized carbons (Fsp3) is 0.889. The summed E-state index contributed by atoms with van der Waals surface area (Å²) in [5.74, 6) is 0.322. The summed E-state index contributed by atoms with van der Waals surface area (Å²) in [5.41, 5.74) is -0.278. The van der Waals surface area contributed by atoms with Gasteiger partial charge in [-0.2, -0.15) is 0 Å². The first-order valence-corrected chi connectivity index (χ1v) is 4.47. The molecule has 0 radical (unpaired) electrons. The third-order valence-corrected chi connectivity index (χ3v) is 3.32. The summed E-state index contributed by atoms with van der Waals surface area (Å²) in [6, 6.07) is 0. The molecular formula is C9H14O2. The number of rotatable bonds is 0. The van der Waals surface area contributed by atoms with Crippen molar-refractivity contribution in [1.82, 2.24) is 0 Å². The molecule has 2 aliphatic carbocycles. The van der Waals surface area contributed by atoms with Crippen LogP contribution in [0.5, 0.6) is 0 Å². The molecule has 2 aliphatic rings. The lowest BCUT2D eigenvalue weighted by molar-refractivity contribution is -0.130. The van der Waals surface area contributed by atoms with Crippen LogP contribution in [-0.4, -0.2) is 17.0 Å². The Balaban J connectivity index is 2.25. The molecule has 0 saturated heterocycles. The van der Waals surface area contributed by atoms with E-state index in [1.165, 1.54) is 0 Å². The van der Waals surface area contributed by atoms with Gasteiger partial charge in [0.15, 0.2) is 0 Å². The minimum Gasteiger partial charge on any atom is -0.392 e. The van der Waals surface area contributed by atoms with E-state index in [9.17, 15) is 9.90 Å². The van der Waals surface area contributed by atoms with E-state index in [0.29, 0.717) is 12.2 Å². The predicted octanol–water partition coefficient (Wildman–Crippen LogP) is 1.27. The number of aliphatic hydroxyl groups excluding tert-OH is 1. The van der Waals surface area contributed by atoms with Crippen LogP contribution in [-0.2, 0) is 4.79 Å². The van der Waals surface area contributed by atoms with E-state index in [0.717, 1.165) is 32.1 Å². The van der Waals surface area contributed by atoms with Crippen molar-refractivity contribution in [1.29, 1.82) is 0 Å². The smallest absolute Gasteiger partial charge is 0.141 e. The Morgan fingerprint density at radius 1 is 1.36 bits per heavy atom. The van der Waals surface area contributed by atoms with Crippen LogP contribution in [0.25, 0.3) is 0 Å². The molecule has 11 heavy (non-hydrogen) atoms. The quantitative estimate of drug-likeness (QED) is 0.570. The largest absolute Gasteiger partial charge is 0.392 e. The summed E-state index contributed by atoms with van der Waals surface area (Å²) >= 11 is 0. The molecule has 0 aromatic rings. The molecule has 0 aromatic carbocycles. The van der Waals surface area contributed by atoms with Gasteiger partial charge in [0, 0.05) is 6.42 Å². The van der Waals surface area contributed by atoms with E-state index in [-0.39, 0.29) is 11.5 Å². The van der Waals surface area contributed by atoms with E-state index < -0.39 is 0 Å². The molecule has 0 aliphatic heterocycles. The number of carbonyl (C=O) groups excluding carboxylic acids is 1. The van der Waals surface area contributed by atoms with Crippen LogP contribution >= 0.6 is 0 Å². The highest BCUT2D eigenvalue weighted by atomic mass is 16.3. The molecule has 2 heteroatoms. The van der Waals surface area contributed by atoms with Gasteiger partial charge in [-0.3, -0.25) is 4.79 Å². The SMILES string of the molecule is O=C1CCC[C@]12CCC[C@H]2O. The third kappa shape index (κ3) is 0.853. The highest BCUT2D eigenvalue weighted by Gasteiger charge is 2.49. The minimum absolute atomic E-state index is 0.278. The molecular weight excluding hydrogens is 140 g/mol. The van der Waals surface area contributed by atoms with E-state index in [1.807, 2.05) is 0 Å². The summed E-state index contributed by atoms with van der Waals surface area (Å²) in [5, 5.41) is 9.63. The van der Waals surface area contributed by atoms with Gasteiger partial charge >= 0.3 is 0 Å². The number of hydrogen-bond acceptors (Lipinski definition) is 2. The molecule has 0 unspecified atom stereocenters. The van der Waals surface area contributed by atoms with Crippen LogP contribution in [0.4, 0.5) is 0 Å². The number of carbonyl (C=O) groups is 1. The van der Waals surface area contributed by atoms with Crippen molar-refractivity contribution in [3.05, 3.63) is 0 Å². The lowest BCUT2D eigenvalue weighted by atomic mass is 9.82. The van der Waals surface area contributed by atoms with Gasteiger partial charge < -0.3 is 5.11 Å². The van der Waals surface area contributed by atoms with Gasteiger partial charge in [-0.25, -0.2) is 0 Å². The van der Waals surface area contributed by atoms with Gasteiger partial charge in [-0.05, 0) is 32.1 Å². The van der Waals surface area contributed by atoms with E-state index in [4.69, 9.17) is 0 Å². The standard InChI is InChI=1S/C9H14O2/c10-7-3-1-5-9(7)6-2-4-8(9)11/h7,10H,1-6H2/t7-,9+/m1/s1. The first-order valence-electron chi connectivity index (χ1n) is 4.47. The van der Waals surface area contributed by atoms with Crippen molar-refractivity contribution in [2.45, 2.75) is 44.6 Å². The van der Waals surface area contributed by atoms with Crippen molar-refractivity contribution in [2.75, 3.05) is 0 Å². The molecule has 0 aromatic heterocycles. The molecule has 0 heterocycles. The van der Waals surface area contributed by atoms with Gasteiger partial charge in [0.05, 0.1) is 11.5 Å². The molecule has 2 nitrogen and oxygen atoms in total. The fourth-order valence-corrected chi connectivity index (χ4v) is 2.62. The van der Waals surface area contributed by atoms with Crippen LogP contribution < -0.4 is 0 Å². The van der Waals surface area contributed by atoms with Crippen LogP contribution in [0.2, 0.25) is 0 Å². The van der Waals surface area contributed by atoms with Crippen LogP contribution in [0, 0.1) is 5.41 Å². The molecule has 2 rings (SSSR count). The van der Waals surface area contributed by atoms with E-state index in [1.54, 1.807) is 0 Å². The third-order valence-electron chi connectivity index (χ3n) is 3.32. The molecule has 2 saturated carbocycles. The number of Topliss-reactive ketones (excluding diaryl/α,β-unsaturated/α-hetero) is 1. The second-order valence-corrected chi connectivity index (χ2v) is 3.84. The van der Waals surface area contributed by atoms with E-state index in [2.05, 4.69) is 0 Å². The van der Waals surface area contributed by atoms with Crippen molar-refractivity contribution < 1.29 is 9.90 Å². The zero-order valence-corrected chi connectivity index (χ0v) is 6.68. The van der Waals surface area contributed by atoms with E-state index >= 15 is 0 Å². The van der Waals surface area contributed by atoms with Crippen molar-refractivity contribution in [3.8, 4) is 0 Å². The highest BCUT2D eigenvalue weighted by Crippen LogP contribution is 2.48. The topological polar surface area (TPSA) is 37.3 Å². The average molecular weight is 154 g/mol. The maximum absolute atomic E-state index is 11.4. The summed E-state index contributed by atoms with van der Waals surface area (Å²) in [4.78, 5) is 11.4. The van der Waals surface area contributed by atoms with Crippen LogP contribution in [0.1, 0.15) is 38.5 Å². The van der Waals surface area contributed by atoms with Crippen LogP contribution in [0.15, 0.2) is 0 Å². The monoisotopic (exact) mass is 154 g/mol. The maximum atomic E-state index is 11.4. The summed E-state index contributed by atoms with van der Waals surface area (Å²) in [7, 11) is 0. The normalized spacial score (nSPS) is 44.1. The lowest BCUT2D eigenvalue weighted by Gasteiger charge is -2.24. The number of aliphatic hydroxyl groups is 1. The molecule has 2 fully saturated rings. The molecule has 2 atom stereocenters. The Bertz CT molecular complexity index is 184. The first kappa shape index (κ1) is 7.29. The van der Waals surface area contributed by atoms with Crippen molar-refractivity contribution in [3.63, 3.8) is 0 Å². The van der Waals surface area contributed by atoms with Crippen LogP contribution in [0.3, 0.4) is 0 Å². The molecule has 1 spiro atoms. The Morgan fingerprint density at radius 2 is 2.09 bits per heavy atom. The number of ketones is 1. The zero-order chi connectivity index (χ0) is 7.90. The van der Waals surface area contributed by atoms with Crippen molar-refractivity contribution in [2.24, 2.45) is 5.41 Å². The van der Waals surface area contributed by atoms with Gasteiger partial charge in [0.2, 0.25) is 0 Å². The van der Waals surface area contributed by atoms with Gasteiger partial charge in [-0.1, -0.05) is 0 Å². The molecule has 62 valence electrons. The Hall–Kier alpha value is -0.370. The highest BCUT2D eigenvalue weighted by molar-refractivity contribution is 5.87. The Morgan fingerprint density at radius 3 is 2.55 bits per heavy atom. The Labute approximate surface area is 66.6 Å². The van der Waals surface area contributed by atoms with Crippen molar-refractivity contribution >= 4 is 5.78 Å². The summed E-state index contributed by atoms with van der Waals surface area (Å²) in [6.45, 7) is 0. The van der Waals surface area contributed by atoms with Gasteiger partial charge in [-0.15, -0.1) is 0 Å². The molecule has 1 N–H and O–H groups in total. The lowest BCUT2D eigenvalue weighted by Crippen LogP contribution is -2.33. The zero-order valence-electron chi connectivity index (χ0n) is 6.68. The summed E-state index contributed by atoms with van der Waals surface area (Å²) in [6.07, 6.45) is 5.13. The fourth-order valence-electron chi connectivity index (χ4n) is 2.62. The van der Waals surface area contributed by atoms with Gasteiger partial charge in [0.25, 0.3) is 0 Å². The minimum atomic E-state index is -0.322. The first-order chi connectivity index (χ1) is 5.26. The molecule has 0 bridgehead atoms. The van der Waals surface area contributed by atoms with Gasteiger partial charge in [0.1, 0.15) is 5.78 Å². The molecule has 0 amide bonds. The average Bonchev–Trinajstić information content (AvgIpc) is 2.48. The number of hydrogen-bond donors (Lipinski definition) is 1. The predicted molar refractivity (Wildman–Crippen MR) is 41.1 cm³/mol.